The molecule has 4 rings (SSSR count). The lowest BCUT2D eigenvalue weighted by atomic mass is 9.90. The third-order valence-corrected chi connectivity index (χ3v) is 5.32. The van der Waals surface area contributed by atoms with Gasteiger partial charge in [0, 0.05) is 6.04 Å². The van der Waals surface area contributed by atoms with E-state index < -0.39 is 0 Å². The lowest BCUT2D eigenvalue weighted by Crippen LogP contribution is -2.31. The molecule has 1 N–H and O–H groups in total. The van der Waals surface area contributed by atoms with Crippen LogP contribution in [0.2, 0.25) is 0 Å². The molecule has 2 heterocycles. The summed E-state index contributed by atoms with van der Waals surface area (Å²) in [5.41, 5.74) is 3.78. The summed E-state index contributed by atoms with van der Waals surface area (Å²) in [5, 5.41) is 3.62. The number of benzene rings is 2. The molecule has 2 aromatic carbocycles. The molecule has 0 radical (unpaired) electrons. The van der Waals surface area contributed by atoms with Crippen LogP contribution < -0.4 is 24.3 Å². The molecule has 0 saturated heterocycles. The molecule has 1 unspecified atom stereocenters. The van der Waals surface area contributed by atoms with E-state index in [0.717, 1.165) is 41.1 Å². The van der Waals surface area contributed by atoms with Crippen molar-refractivity contribution in [1.29, 1.82) is 0 Å². The van der Waals surface area contributed by atoms with Crippen molar-refractivity contribution in [3.63, 3.8) is 0 Å². The highest BCUT2D eigenvalue weighted by Gasteiger charge is 2.25. The maximum atomic E-state index is 5.55. The van der Waals surface area contributed by atoms with Crippen LogP contribution >= 0.6 is 15.9 Å². The number of halogens is 1. The van der Waals surface area contributed by atoms with Gasteiger partial charge in [0.15, 0.2) is 23.0 Å². The van der Waals surface area contributed by atoms with Gasteiger partial charge in [-0.2, -0.15) is 0 Å². The number of nitrogens with one attached hydrogen (secondary N) is 1. The molecule has 0 saturated carbocycles. The Bertz CT molecular complexity index is 808. The number of rotatable bonds is 4. The summed E-state index contributed by atoms with van der Waals surface area (Å²) in [6, 6.07) is 8.58. The van der Waals surface area contributed by atoms with Gasteiger partial charge in [0.1, 0.15) is 0 Å². The van der Waals surface area contributed by atoms with Crippen LogP contribution in [0.15, 0.2) is 28.7 Å². The molecule has 0 aliphatic carbocycles. The first kappa shape index (κ1) is 16.5. The molecule has 1 atom stereocenters. The van der Waals surface area contributed by atoms with Crippen molar-refractivity contribution in [2.24, 2.45) is 0 Å². The Morgan fingerprint density at radius 2 is 1.92 bits per heavy atom. The average Bonchev–Trinajstić information content (AvgIpc) is 3.07. The van der Waals surface area contributed by atoms with Crippen molar-refractivity contribution in [2.75, 3.05) is 27.6 Å². The molecule has 2 aliphatic heterocycles. The Labute approximate surface area is 155 Å². The first-order chi connectivity index (χ1) is 12.2. The van der Waals surface area contributed by atoms with Gasteiger partial charge < -0.3 is 24.3 Å². The zero-order valence-electron chi connectivity index (χ0n) is 14.2. The fraction of sp³-hybridized carbons (Fsp3) is 0.368. The largest absolute Gasteiger partial charge is 0.493 e. The molecular formula is C19H20BrNO4. The van der Waals surface area contributed by atoms with Gasteiger partial charge in [-0.05, 0) is 76.3 Å². The van der Waals surface area contributed by atoms with E-state index in [4.69, 9.17) is 18.9 Å². The van der Waals surface area contributed by atoms with Crippen LogP contribution in [0.5, 0.6) is 23.0 Å². The quantitative estimate of drug-likeness (QED) is 0.841. The average molecular weight is 406 g/mol. The molecule has 132 valence electrons. The van der Waals surface area contributed by atoms with Crippen LogP contribution in [0.1, 0.15) is 22.7 Å². The number of fused-ring (bicyclic) bond motifs is 2. The van der Waals surface area contributed by atoms with Crippen LogP contribution in [0.3, 0.4) is 0 Å². The summed E-state index contributed by atoms with van der Waals surface area (Å²) in [5.74, 6) is 3.13. The molecule has 0 fully saturated rings. The van der Waals surface area contributed by atoms with Crippen molar-refractivity contribution >= 4 is 15.9 Å². The summed E-state index contributed by atoms with van der Waals surface area (Å²) in [4.78, 5) is 0. The van der Waals surface area contributed by atoms with Gasteiger partial charge in [0.25, 0.3) is 0 Å². The molecule has 2 aromatic rings. The van der Waals surface area contributed by atoms with Gasteiger partial charge in [-0.3, -0.25) is 0 Å². The summed E-state index contributed by atoms with van der Waals surface area (Å²) in [7, 11) is 3.30. The minimum Gasteiger partial charge on any atom is -0.493 e. The molecule has 0 amide bonds. The Morgan fingerprint density at radius 3 is 2.68 bits per heavy atom. The molecular weight excluding hydrogens is 386 g/mol. The van der Waals surface area contributed by atoms with E-state index in [9.17, 15) is 0 Å². The third kappa shape index (κ3) is 3.04. The second kappa shape index (κ2) is 6.77. The topological polar surface area (TPSA) is 49.0 Å². The molecule has 25 heavy (non-hydrogen) atoms. The fourth-order valence-electron chi connectivity index (χ4n) is 3.54. The van der Waals surface area contributed by atoms with Crippen molar-refractivity contribution < 1.29 is 18.9 Å². The van der Waals surface area contributed by atoms with Crippen LogP contribution in [-0.4, -0.2) is 27.6 Å². The van der Waals surface area contributed by atoms with Gasteiger partial charge in [0.05, 0.1) is 18.7 Å². The van der Waals surface area contributed by atoms with Gasteiger partial charge >= 0.3 is 0 Å². The monoisotopic (exact) mass is 405 g/mol. The van der Waals surface area contributed by atoms with E-state index in [2.05, 4.69) is 39.4 Å². The SMILES string of the molecule is COc1cc(CC2NCCc3cc4c(cc32)OCO4)cc(Br)c1OC. The van der Waals surface area contributed by atoms with Crippen LogP contribution in [0.25, 0.3) is 0 Å². The Morgan fingerprint density at radius 1 is 1.12 bits per heavy atom. The van der Waals surface area contributed by atoms with Gasteiger partial charge in [-0.15, -0.1) is 0 Å². The second-order valence-electron chi connectivity index (χ2n) is 6.18. The maximum Gasteiger partial charge on any atom is 0.231 e. The van der Waals surface area contributed by atoms with Crippen molar-refractivity contribution in [3.05, 3.63) is 45.4 Å². The second-order valence-corrected chi connectivity index (χ2v) is 7.03. The molecule has 6 heteroatoms. The lowest BCUT2D eigenvalue weighted by Gasteiger charge is -2.27. The van der Waals surface area contributed by atoms with E-state index >= 15 is 0 Å². The van der Waals surface area contributed by atoms with E-state index in [1.54, 1.807) is 14.2 Å². The number of hydrogen-bond donors (Lipinski definition) is 1. The summed E-state index contributed by atoms with van der Waals surface area (Å²) < 4.78 is 22.8. The molecule has 0 bridgehead atoms. The highest BCUT2D eigenvalue weighted by Crippen LogP contribution is 2.41. The van der Waals surface area contributed by atoms with E-state index in [1.165, 1.54) is 16.7 Å². The highest BCUT2D eigenvalue weighted by atomic mass is 79.9. The van der Waals surface area contributed by atoms with E-state index in [-0.39, 0.29) is 6.04 Å². The zero-order chi connectivity index (χ0) is 17.4. The third-order valence-electron chi connectivity index (χ3n) is 4.73. The van der Waals surface area contributed by atoms with E-state index in [1.807, 2.05) is 6.07 Å². The Kier molecular flexibility index (Phi) is 4.48. The predicted octanol–water partition coefficient (Wildman–Crippen LogP) is 3.62. The Balaban J connectivity index is 1.66. The predicted molar refractivity (Wildman–Crippen MR) is 98.0 cm³/mol. The standard InChI is InChI=1S/C19H20BrNO4/c1-22-18-7-11(5-14(20)19(18)23-2)6-15-13-9-17-16(24-10-25-17)8-12(13)3-4-21-15/h5,7-9,15,21H,3-4,6,10H2,1-2H3. The van der Waals surface area contributed by atoms with Crippen molar-refractivity contribution in [2.45, 2.75) is 18.9 Å². The molecule has 0 aromatic heterocycles. The molecule has 2 aliphatic rings. The number of hydrogen-bond acceptors (Lipinski definition) is 5. The first-order valence-corrected chi connectivity index (χ1v) is 9.05. The van der Waals surface area contributed by atoms with Crippen molar-refractivity contribution in [1.82, 2.24) is 5.32 Å². The number of ether oxygens (including phenoxy) is 4. The van der Waals surface area contributed by atoms with E-state index in [0.29, 0.717) is 12.5 Å². The maximum absolute atomic E-state index is 5.55. The summed E-state index contributed by atoms with van der Waals surface area (Å²) >= 11 is 3.57. The number of methoxy groups -OCH3 is 2. The first-order valence-electron chi connectivity index (χ1n) is 8.25. The fourth-order valence-corrected chi connectivity index (χ4v) is 4.19. The van der Waals surface area contributed by atoms with Gasteiger partial charge in [-0.25, -0.2) is 0 Å². The van der Waals surface area contributed by atoms with Crippen LogP contribution in [0, 0.1) is 0 Å². The minimum atomic E-state index is 0.225. The minimum absolute atomic E-state index is 0.225. The van der Waals surface area contributed by atoms with Gasteiger partial charge in [0.2, 0.25) is 6.79 Å². The van der Waals surface area contributed by atoms with Crippen LogP contribution in [0.4, 0.5) is 0 Å². The molecule has 5 nitrogen and oxygen atoms in total. The summed E-state index contributed by atoms with van der Waals surface area (Å²) in [6.07, 6.45) is 1.85. The normalized spacial score (nSPS) is 18.0. The molecule has 0 spiro atoms. The van der Waals surface area contributed by atoms with Crippen LogP contribution in [-0.2, 0) is 12.8 Å². The highest BCUT2D eigenvalue weighted by molar-refractivity contribution is 9.10. The Hall–Kier alpha value is -1.92. The van der Waals surface area contributed by atoms with Gasteiger partial charge in [-0.1, -0.05) is 0 Å². The lowest BCUT2D eigenvalue weighted by molar-refractivity contribution is 0.174. The summed E-state index contributed by atoms with van der Waals surface area (Å²) in [6.45, 7) is 1.25. The zero-order valence-corrected chi connectivity index (χ0v) is 15.8. The smallest absolute Gasteiger partial charge is 0.231 e. The van der Waals surface area contributed by atoms with Crippen molar-refractivity contribution in [3.8, 4) is 23.0 Å².